The first-order valence-corrected chi connectivity index (χ1v) is 12.4. The molecule has 1 atom stereocenters. The van der Waals surface area contributed by atoms with Crippen LogP contribution in [0.2, 0.25) is 0 Å². The third-order valence-corrected chi connectivity index (χ3v) is 8.01. The number of fused-ring (bicyclic) bond motifs is 1. The number of sulfonamides is 1. The van der Waals surface area contributed by atoms with E-state index < -0.39 is 16.1 Å². The fourth-order valence-electron chi connectivity index (χ4n) is 4.09. The smallest absolute Gasteiger partial charge is 0.241 e. The van der Waals surface area contributed by atoms with Gasteiger partial charge in [-0.15, -0.1) is 0 Å². The fraction of sp³-hybridized carbons (Fsp3) is 0.579. The summed E-state index contributed by atoms with van der Waals surface area (Å²) in [5.74, 6) is -0.0510. The first-order chi connectivity index (χ1) is 13.3. The molecule has 1 aromatic heterocycles. The van der Waals surface area contributed by atoms with Crippen LogP contribution in [0.4, 0.5) is 5.13 Å². The predicted molar refractivity (Wildman–Crippen MR) is 112 cm³/mol. The Morgan fingerprint density at radius 1 is 1.14 bits per heavy atom. The summed E-state index contributed by atoms with van der Waals surface area (Å²) in [5.41, 5.74) is 2.22. The molecule has 0 aliphatic carbocycles. The Morgan fingerprint density at radius 2 is 1.89 bits per heavy atom. The first kappa shape index (κ1) is 19.6. The van der Waals surface area contributed by atoms with Crippen LogP contribution in [0.3, 0.4) is 0 Å². The number of aromatic nitrogens is 1. The molecule has 1 amide bonds. The van der Waals surface area contributed by atoms with E-state index in [1.54, 1.807) is 11.3 Å². The quantitative estimate of drug-likeness (QED) is 0.757. The molecule has 0 radical (unpaired) electrons. The van der Waals surface area contributed by atoms with Crippen molar-refractivity contribution >= 4 is 42.6 Å². The van der Waals surface area contributed by atoms with Crippen molar-refractivity contribution in [3.05, 3.63) is 23.8 Å². The van der Waals surface area contributed by atoms with Crippen LogP contribution in [0.1, 0.15) is 24.8 Å². The molecule has 9 heteroatoms. The van der Waals surface area contributed by atoms with Gasteiger partial charge in [0.15, 0.2) is 5.13 Å². The van der Waals surface area contributed by atoms with Gasteiger partial charge < -0.3 is 9.80 Å². The molecule has 1 unspecified atom stereocenters. The molecule has 3 heterocycles. The van der Waals surface area contributed by atoms with Crippen LogP contribution in [0.15, 0.2) is 18.2 Å². The number of carbonyl (C=O) groups is 1. The number of para-hydroxylation sites is 1. The maximum Gasteiger partial charge on any atom is 0.241 e. The zero-order valence-electron chi connectivity index (χ0n) is 16.3. The van der Waals surface area contributed by atoms with E-state index in [1.807, 2.05) is 11.0 Å². The SMILES string of the molecule is Cc1cccc2sc(N3CCN(C(=O)C4CCCCN4S(C)(=O)=O)CC3)nc12. The van der Waals surface area contributed by atoms with Gasteiger partial charge in [0.25, 0.3) is 0 Å². The highest BCUT2D eigenvalue weighted by Gasteiger charge is 2.37. The van der Waals surface area contributed by atoms with Gasteiger partial charge in [0, 0.05) is 32.7 Å². The molecule has 28 heavy (non-hydrogen) atoms. The Labute approximate surface area is 170 Å². The van der Waals surface area contributed by atoms with E-state index in [1.165, 1.54) is 20.8 Å². The summed E-state index contributed by atoms with van der Waals surface area (Å²) in [6.07, 6.45) is 3.53. The molecule has 2 aliphatic heterocycles. The van der Waals surface area contributed by atoms with Crippen LogP contribution in [-0.4, -0.2) is 73.5 Å². The number of nitrogens with zero attached hydrogens (tertiary/aromatic N) is 4. The average Bonchev–Trinajstić information content (AvgIpc) is 3.13. The summed E-state index contributed by atoms with van der Waals surface area (Å²) >= 11 is 1.68. The number of piperazine rings is 1. The second-order valence-electron chi connectivity index (χ2n) is 7.62. The minimum absolute atomic E-state index is 0.0510. The number of amides is 1. The van der Waals surface area contributed by atoms with E-state index in [2.05, 4.69) is 24.0 Å². The number of piperidine rings is 1. The zero-order chi connectivity index (χ0) is 19.9. The van der Waals surface area contributed by atoms with Crippen LogP contribution in [0, 0.1) is 6.92 Å². The van der Waals surface area contributed by atoms with Crippen molar-refractivity contribution in [3.8, 4) is 0 Å². The molecule has 0 spiro atoms. The minimum Gasteiger partial charge on any atom is -0.345 e. The molecule has 0 N–H and O–H groups in total. The molecule has 152 valence electrons. The molecule has 1 aromatic carbocycles. The number of hydrogen-bond donors (Lipinski definition) is 0. The van der Waals surface area contributed by atoms with Gasteiger partial charge in [0.2, 0.25) is 15.9 Å². The normalized spacial score (nSPS) is 22.0. The van der Waals surface area contributed by atoms with E-state index >= 15 is 0 Å². The molecule has 2 saturated heterocycles. The molecule has 0 saturated carbocycles. The lowest BCUT2D eigenvalue weighted by molar-refractivity contribution is -0.136. The number of anilines is 1. The summed E-state index contributed by atoms with van der Waals surface area (Å²) < 4.78 is 26.7. The van der Waals surface area contributed by atoms with Crippen molar-refractivity contribution < 1.29 is 13.2 Å². The van der Waals surface area contributed by atoms with E-state index in [0.29, 0.717) is 26.1 Å². The van der Waals surface area contributed by atoms with Crippen LogP contribution >= 0.6 is 11.3 Å². The first-order valence-electron chi connectivity index (χ1n) is 9.71. The Morgan fingerprint density at radius 3 is 2.57 bits per heavy atom. The standard InChI is InChI=1S/C19H26N4O3S2/c1-14-6-5-8-16-17(14)20-19(27-16)22-12-10-21(11-13-22)18(24)15-7-3-4-9-23(15)28(2,25)26/h5-6,8,15H,3-4,7,9-13H2,1-2H3. The molecule has 2 aliphatic rings. The topological polar surface area (TPSA) is 73.8 Å². The lowest BCUT2D eigenvalue weighted by atomic mass is 10.0. The molecule has 2 aromatic rings. The maximum atomic E-state index is 13.0. The summed E-state index contributed by atoms with van der Waals surface area (Å²) in [5, 5.41) is 0.992. The van der Waals surface area contributed by atoms with Gasteiger partial charge in [-0.25, -0.2) is 13.4 Å². The highest BCUT2D eigenvalue weighted by molar-refractivity contribution is 7.88. The molecule has 0 bridgehead atoms. The average molecular weight is 423 g/mol. The van der Waals surface area contributed by atoms with Gasteiger partial charge in [-0.05, 0) is 31.4 Å². The van der Waals surface area contributed by atoms with Crippen LogP contribution in [-0.2, 0) is 14.8 Å². The van der Waals surface area contributed by atoms with Gasteiger partial charge in [-0.1, -0.05) is 29.9 Å². The van der Waals surface area contributed by atoms with E-state index in [0.717, 1.165) is 36.6 Å². The monoisotopic (exact) mass is 422 g/mol. The number of hydrogen-bond acceptors (Lipinski definition) is 6. The van der Waals surface area contributed by atoms with Crippen molar-refractivity contribution in [1.29, 1.82) is 0 Å². The molecule has 4 rings (SSSR count). The van der Waals surface area contributed by atoms with Crippen LogP contribution < -0.4 is 4.90 Å². The van der Waals surface area contributed by atoms with Crippen LogP contribution in [0.5, 0.6) is 0 Å². The van der Waals surface area contributed by atoms with Crippen molar-refractivity contribution in [2.24, 2.45) is 0 Å². The van der Waals surface area contributed by atoms with Gasteiger partial charge in [0.05, 0.1) is 16.5 Å². The third-order valence-electron chi connectivity index (χ3n) is 5.64. The van der Waals surface area contributed by atoms with Crippen molar-refractivity contribution in [1.82, 2.24) is 14.2 Å². The van der Waals surface area contributed by atoms with Crippen LogP contribution in [0.25, 0.3) is 10.2 Å². The van der Waals surface area contributed by atoms with E-state index in [-0.39, 0.29) is 5.91 Å². The minimum atomic E-state index is -3.36. The number of carbonyl (C=O) groups excluding carboxylic acids is 1. The summed E-state index contributed by atoms with van der Waals surface area (Å²) in [7, 11) is -3.36. The highest BCUT2D eigenvalue weighted by atomic mass is 32.2. The van der Waals surface area contributed by atoms with E-state index in [9.17, 15) is 13.2 Å². The molecule has 7 nitrogen and oxygen atoms in total. The largest absolute Gasteiger partial charge is 0.345 e. The Balaban J connectivity index is 1.44. The Hall–Kier alpha value is -1.71. The predicted octanol–water partition coefficient (Wildman–Crippen LogP) is 2.07. The molecular weight excluding hydrogens is 396 g/mol. The van der Waals surface area contributed by atoms with Gasteiger partial charge in [-0.2, -0.15) is 4.31 Å². The van der Waals surface area contributed by atoms with Crippen molar-refractivity contribution in [3.63, 3.8) is 0 Å². The zero-order valence-corrected chi connectivity index (χ0v) is 17.9. The second-order valence-corrected chi connectivity index (χ2v) is 10.6. The number of thiazole rings is 1. The van der Waals surface area contributed by atoms with Gasteiger partial charge >= 0.3 is 0 Å². The summed E-state index contributed by atoms with van der Waals surface area (Å²) in [4.78, 5) is 21.9. The molecular formula is C19H26N4O3S2. The van der Waals surface area contributed by atoms with E-state index in [4.69, 9.17) is 4.98 Å². The Bertz CT molecular complexity index is 980. The Kier molecular flexibility index (Phi) is 5.32. The molecule has 2 fully saturated rings. The number of aryl methyl sites for hydroxylation is 1. The highest BCUT2D eigenvalue weighted by Crippen LogP contribution is 2.31. The number of benzene rings is 1. The maximum absolute atomic E-state index is 13.0. The second kappa shape index (κ2) is 7.61. The fourth-order valence-corrected chi connectivity index (χ4v) is 6.30. The van der Waals surface area contributed by atoms with Crippen molar-refractivity contribution in [2.45, 2.75) is 32.2 Å². The third kappa shape index (κ3) is 3.75. The summed E-state index contributed by atoms with van der Waals surface area (Å²) in [6, 6.07) is 5.67. The van der Waals surface area contributed by atoms with Gasteiger partial charge in [0.1, 0.15) is 6.04 Å². The summed E-state index contributed by atoms with van der Waals surface area (Å²) in [6.45, 7) is 5.15. The van der Waals surface area contributed by atoms with Crippen molar-refractivity contribution in [2.75, 3.05) is 43.9 Å². The van der Waals surface area contributed by atoms with Gasteiger partial charge in [-0.3, -0.25) is 4.79 Å². The lowest BCUT2D eigenvalue weighted by Crippen LogP contribution is -2.57. The lowest BCUT2D eigenvalue weighted by Gasteiger charge is -2.39. The number of rotatable bonds is 3.